The third-order valence-electron chi connectivity index (χ3n) is 4.40. The normalized spacial score (nSPS) is 18.2. The van der Waals surface area contributed by atoms with Gasteiger partial charge in [0.2, 0.25) is 0 Å². The first-order valence-electron chi connectivity index (χ1n) is 7.30. The molecule has 102 valence electrons. The van der Waals surface area contributed by atoms with E-state index in [1.54, 1.807) is 0 Å². The Kier molecular flexibility index (Phi) is 3.92. The van der Waals surface area contributed by atoms with Crippen molar-refractivity contribution in [2.45, 2.75) is 43.4 Å². The van der Waals surface area contributed by atoms with E-state index in [0.29, 0.717) is 4.83 Å². The molecule has 1 saturated carbocycles. The second kappa shape index (κ2) is 5.66. The first-order chi connectivity index (χ1) is 9.25. The SMILES string of the molecule is Cn1nc(CCC(Br)C2CCCC2)c2ccccc21. The minimum absolute atomic E-state index is 0.663. The Balaban J connectivity index is 1.71. The van der Waals surface area contributed by atoms with E-state index in [1.807, 2.05) is 11.7 Å². The molecule has 3 heteroatoms. The van der Waals surface area contributed by atoms with Crippen molar-refractivity contribution in [3.8, 4) is 0 Å². The molecular weight excluding hydrogens is 300 g/mol. The van der Waals surface area contributed by atoms with Gasteiger partial charge in [-0.05, 0) is 37.7 Å². The van der Waals surface area contributed by atoms with Gasteiger partial charge in [-0.3, -0.25) is 4.68 Å². The summed E-state index contributed by atoms with van der Waals surface area (Å²) in [5.41, 5.74) is 2.49. The summed E-state index contributed by atoms with van der Waals surface area (Å²) in [6.45, 7) is 0. The molecule has 1 heterocycles. The van der Waals surface area contributed by atoms with Crippen LogP contribution < -0.4 is 0 Å². The molecule has 0 N–H and O–H groups in total. The highest BCUT2D eigenvalue weighted by atomic mass is 79.9. The van der Waals surface area contributed by atoms with Crippen LogP contribution in [0.3, 0.4) is 0 Å². The van der Waals surface area contributed by atoms with E-state index in [9.17, 15) is 0 Å². The summed E-state index contributed by atoms with van der Waals surface area (Å²) in [6.07, 6.45) is 7.91. The van der Waals surface area contributed by atoms with Gasteiger partial charge >= 0.3 is 0 Å². The van der Waals surface area contributed by atoms with E-state index in [2.05, 4.69) is 45.3 Å². The zero-order valence-corrected chi connectivity index (χ0v) is 13.1. The first kappa shape index (κ1) is 13.2. The number of halogens is 1. The fourth-order valence-electron chi connectivity index (χ4n) is 3.30. The molecule has 19 heavy (non-hydrogen) atoms. The number of hydrogen-bond donors (Lipinski definition) is 0. The Morgan fingerprint density at radius 1 is 1.32 bits per heavy atom. The highest BCUT2D eigenvalue weighted by Crippen LogP contribution is 2.34. The van der Waals surface area contributed by atoms with Crippen molar-refractivity contribution >= 4 is 26.8 Å². The largest absolute Gasteiger partial charge is 0.268 e. The van der Waals surface area contributed by atoms with E-state index in [-0.39, 0.29) is 0 Å². The molecule has 1 fully saturated rings. The van der Waals surface area contributed by atoms with Crippen LogP contribution in [0.25, 0.3) is 10.9 Å². The third kappa shape index (κ3) is 2.71. The Hall–Kier alpha value is -0.830. The van der Waals surface area contributed by atoms with E-state index in [0.717, 1.165) is 12.3 Å². The fraction of sp³-hybridized carbons (Fsp3) is 0.562. The highest BCUT2D eigenvalue weighted by molar-refractivity contribution is 9.09. The fourth-order valence-corrected chi connectivity index (χ4v) is 4.06. The average Bonchev–Trinajstić information content (AvgIpc) is 3.06. The molecule has 0 aliphatic heterocycles. The number of fused-ring (bicyclic) bond motifs is 1. The molecule has 1 aliphatic carbocycles. The van der Waals surface area contributed by atoms with Crippen molar-refractivity contribution in [2.24, 2.45) is 13.0 Å². The van der Waals surface area contributed by atoms with Gasteiger partial charge in [-0.15, -0.1) is 0 Å². The summed E-state index contributed by atoms with van der Waals surface area (Å²) < 4.78 is 2.00. The standard InChI is InChI=1S/C16H21BrN2/c1-19-16-9-5-4-8-13(16)15(18-19)11-10-14(17)12-6-2-3-7-12/h4-5,8-9,12,14H,2-3,6-7,10-11H2,1H3. The minimum atomic E-state index is 0.663. The van der Waals surface area contributed by atoms with Gasteiger partial charge in [0.05, 0.1) is 11.2 Å². The third-order valence-corrected chi connectivity index (χ3v) is 5.61. The molecule has 2 aromatic rings. The highest BCUT2D eigenvalue weighted by Gasteiger charge is 2.23. The zero-order chi connectivity index (χ0) is 13.2. The molecular formula is C16H21BrN2. The molecule has 1 atom stereocenters. The lowest BCUT2D eigenvalue weighted by molar-refractivity contribution is 0.504. The van der Waals surface area contributed by atoms with Crippen molar-refractivity contribution in [3.63, 3.8) is 0 Å². The van der Waals surface area contributed by atoms with Gasteiger partial charge in [-0.2, -0.15) is 5.10 Å². The number of hydrogen-bond acceptors (Lipinski definition) is 1. The van der Waals surface area contributed by atoms with Crippen molar-refractivity contribution in [2.75, 3.05) is 0 Å². The lowest BCUT2D eigenvalue weighted by Gasteiger charge is -2.16. The molecule has 0 spiro atoms. The van der Waals surface area contributed by atoms with Gasteiger partial charge in [0.15, 0.2) is 0 Å². The summed E-state index contributed by atoms with van der Waals surface area (Å²) >= 11 is 3.90. The number of benzene rings is 1. The molecule has 2 nitrogen and oxygen atoms in total. The maximum absolute atomic E-state index is 4.68. The van der Waals surface area contributed by atoms with Crippen molar-refractivity contribution in [1.82, 2.24) is 9.78 Å². The van der Waals surface area contributed by atoms with Crippen LogP contribution in [0.2, 0.25) is 0 Å². The maximum Gasteiger partial charge on any atom is 0.0703 e. The number of aromatic nitrogens is 2. The number of aryl methyl sites for hydroxylation is 2. The van der Waals surface area contributed by atoms with Crippen LogP contribution in [-0.2, 0) is 13.5 Å². The van der Waals surface area contributed by atoms with Crippen LogP contribution >= 0.6 is 15.9 Å². The quantitative estimate of drug-likeness (QED) is 0.760. The van der Waals surface area contributed by atoms with Crippen LogP contribution in [0.5, 0.6) is 0 Å². The topological polar surface area (TPSA) is 17.8 Å². The summed E-state index contributed by atoms with van der Waals surface area (Å²) in [4.78, 5) is 0.663. The lowest BCUT2D eigenvalue weighted by atomic mass is 9.99. The monoisotopic (exact) mass is 320 g/mol. The van der Waals surface area contributed by atoms with Gasteiger partial charge < -0.3 is 0 Å². The Bertz CT molecular complexity index is 555. The number of para-hydroxylation sites is 1. The van der Waals surface area contributed by atoms with Crippen molar-refractivity contribution < 1.29 is 0 Å². The van der Waals surface area contributed by atoms with Crippen LogP contribution in [0.4, 0.5) is 0 Å². The maximum atomic E-state index is 4.68. The van der Waals surface area contributed by atoms with Crippen LogP contribution in [0, 0.1) is 5.92 Å². The predicted molar refractivity (Wildman–Crippen MR) is 83.7 cm³/mol. The molecule has 0 radical (unpaired) electrons. The van der Waals surface area contributed by atoms with E-state index < -0.39 is 0 Å². The minimum Gasteiger partial charge on any atom is -0.268 e. The predicted octanol–water partition coefficient (Wildman–Crippen LogP) is 4.46. The van der Waals surface area contributed by atoms with Crippen LogP contribution in [0.15, 0.2) is 24.3 Å². The van der Waals surface area contributed by atoms with Crippen molar-refractivity contribution in [1.29, 1.82) is 0 Å². The number of nitrogens with zero attached hydrogens (tertiary/aromatic N) is 2. The molecule has 1 unspecified atom stereocenters. The summed E-state index contributed by atoms with van der Waals surface area (Å²) in [5, 5.41) is 6.00. The molecule has 1 aliphatic rings. The Morgan fingerprint density at radius 3 is 2.84 bits per heavy atom. The molecule has 0 bridgehead atoms. The van der Waals surface area contributed by atoms with E-state index >= 15 is 0 Å². The average molecular weight is 321 g/mol. The summed E-state index contributed by atoms with van der Waals surface area (Å²) in [6, 6.07) is 8.53. The molecule has 3 rings (SSSR count). The second-order valence-electron chi connectivity index (χ2n) is 5.69. The Morgan fingerprint density at radius 2 is 2.05 bits per heavy atom. The number of alkyl halides is 1. The molecule has 0 amide bonds. The van der Waals surface area contributed by atoms with Gasteiger partial charge in [0.1, 0.15) is 0 Å². The van der Waals surface area contributed by atoms with E-state index in [1.165, 1.54) is 48.7 Å². The smallest absolute Gasteiger partial charge is 0.0703 e. The Labute approximate surface area is 123 Å². The molecule has 0 saturated heterocycles. The van der Waals surface area contributed by atoms with Gasteiger partial charge in [-0.25, -0.2) is 0 Å². The van der Waals surface area contributed by atoms with Crippen molar-refractivity contribution in [3.05, 3.63) is 30.0 Å². The summed E-state index contributed by atoms with van der Waals surface area (Å²) in [7, 11) is 2.04. The lowest BCUT2D eigenvalue weighted by Crippen LogP contribution is -2.11. The van der Waals surface area contributed by atoms with Gasteiger partial charge in [0.25, 0.3) is 0 Å². The van der Waals surface area contributed by atoms with E-state index in [4.69, 9.17) is 0 Å². The van der Waals surface area contributed by atoms with Gasteiger partial charge in [-0.1, -0.05) is 47.0 Å². The van der Waals surface area contributed by atoms with Crippen LogP contribution in [0.1, 0.15) is 37.8 Å². The number of rotatable bonds is 4. The van der Waals surface area contributed by atoms with Crippen LogP contribution in [-0.4, -0.2) is 14.6 Å². The molecule has 1 aromatic heterocycles. The second-order valence-corrected chi connectivity index (χ2v) is 6.86. The zero-order valence-electron chi connectivity index (χ0n) is 11.5. The first-order valence-corrected chi connectivity index (χ1v) is 8.22. The summed E-state index contributed by atoms with van der Waals surface area (Å²) in [5.74, 6) is 0.884. The van der Waals surface area contributed by atoms with Gasteiger partial charge in [0, 0.05) is 17.3 Å². The molecule has 1 aromatic carbocycles.